The third-order valence-electron chi connectivity index (χ3n) is 6.30. The van der Waals surface area contributed by atoms with Crippen LogP contribution in [0.4, 0.5) is 30.5 Å². The van der Waals surface area contributed by atoms with Crippen LogP contribution in [0.2, 0.25) is 0 Å². The van der Waals surface area contributed by atoms with Gasteiger partial charge >= 0.3 is 6.18 Å². The number of halogens is 3. The summed E-state index contributed by atoms with van der Waals surface area (Å²) >= 11 is 0. The van der Waals surface area contributed by atoms with Gasteiger partial charge in [0.15, 0.2) is 5.75 Å². The number of methoxy groups -OCH3 is 1. The molecule has 0 aliphatic carbocycles. The molecule has 1 fully saturated rings. The van der Waals surface area contributed by atoms with Crippen molar-refractivity contribution in [1.29, 1.82) is 0 Å². The Hall–Kier alpha value is -3.67. The average molecular weight is 579 g/mol. The number of nitrogens with one attached hydrogen (secondary N) is 3. The first kappa shape index (κ1) is 29.3. The maximum atomic E-state index is 13.8. The number of carbonyl (C=O) groups excluding carboxylic acids is 1. The maximum Gasteiger partial charge on any atom is 0.423 e. The molecular formula is C26H30F3N6O4P. The molecule has 214 valence electrons. The number of amides is 1. The zero-order valence-corrected chi connectivity index (χ0v) is 23.0. The van der Waals surface area contributed by atoms with Gasteiger partial charge in [-0.2, -0.15) is 18.2 Å². The Morgan fingerprint density at radius 1 is 1.18 bits per heavy atom. The molecule has 0 bridgehead atoms. The van der Waals surface area contributed by atoms with Crippen molar-refractivity contribution < 1.29 is 32.3 Å². The molecule has 2 heterocycles. The lowest BCUT2D eigenvalue weighted by atomic mass is 10.1. The first-order chi connectivity index (χ1) is 19.1. The van der Waals surface area contributed by atoms with Crippen molar-refractivity contribution in [3.05, 3.63) is 59.8 Å². The fraction of sp³-hybridized carbons (Fsp3) is 0.346. The summed E-state index contributed by atoms with van der Waals surface area (Å²) in [6.45, 7) is 3.24. The molecule has 14 heteroatoms. The Balaban J connectivity index is 1.60. The van der Waals surface area contributed by atoms with Gasteiger partial charge in [0.25, 0.3) is 5.91 Å². The van der Waals surface area contributed by atoms with Gasteiger partial charge in [-0.1, -0.05) is 12.1 Å². The van der Waals surface area contributed by atoms with Gasteiger partial charge in [0.2, 0.25) is 11.8 Å². The number of hydrogen-bond donors (Lipinski definition) is 4. The van der Waals surface area contributed by atoms with Crippen LogP contribution >= 0.6 is 8.30 Å². The van der Waals surface area contributed by atoms with E-state index in [0.29, 0.717) is 23.1 Å². The number of aromatic nitrogens is 2. The van der Waals surface area contributed by atoms with Gasteiger partial charge in [0, 0.05) is 24.8 Å². The standard InChI is InChI=1S/C26H30F3N6O4P/c1-35(40(3)37)20-6-4-5-7-21(20)39-24-18(26(27,28)29)15-31-25(34-24)33-19-9-8-16(14-22(19)38-2)23(36)32-17-10-12-30-13-11-17/h4-9,14-15,17,30,37H,10-13H2,1-3H3,(H,32,36)(H,31,33,34). The van der Waals surface area contributed by atoms with Crippen molar-refractivity contribution in [3.63, 3.8) is 0 Å². The zero-order valence-electron chi connectivity index (χ0n) is 22.1. The summed E-state index contributed by atoms with van der Waals surface area (Å²) in [5.41, 5.74) is -0.0718. The molecular weight excluding hydrogens is 548 g/mol. The number of hydrogen-bond acceptors (Lipinski definition) is 9. The molecule has 1 atom stereocenters. The molecule has 4 rings (SSSR count). The molecule has 10 nitrogen and oxygen atoms in total. The minimum absolute atomic E-state index is 0.0723. The summed E-state index contributed by atoms with van der Waals surface area (Å²) < 4.78 is 54.0. The van der Waals surface area contributed by atoms with Gasteiger partial charge in [-0.15, -0.1) is 0 Å². The largest absolute Gasteiger partial charge is 0.495 e. The van der Waals surface area contributed by atoms with Crippen LogP contribution in [0.1, 0.15) is 28.8 Å². The Morgan fingerprint density at radius 2 is 1.90 bits per heavy atom. The third-order valence-corrected chi connectivity index (χ3v) is 7.38. The van der Waals surface area contributed by atoms with Gasteiger partial charge in [-0.05, 0) is 62.9 Å². The van der Waals surface area contributed by atoms with E-state index < -0.39 is 25.9 Å². The molecule has 1 aromatic heterocycles. The fourth-order valence-electron chi connectivity index (χ4n) is 4.06. The van der Waals surface area contributed by atoms with Gasteiger partial charge in [0.1, 0.15) is 19.6 Å². The van der Waals surface area contributed by atoms with Gasteiger partial charge in [0.05, 0.1) is 18.5 Å². The van der Waals surface area contributed by atoms with E-state index in [1.165, 1.54) is 23.9 Å². The highest BCUT2D eigenvalue weighted by molar-refractivity contribution is 7.52. The minimum atomic E-state index is -4.79. The molecule has 1 aliphatic rings. The highest BCUT2D eigenvalue weighted by Crippen LogP contribution is 2.43. The number of anilines is 3. The Kier molecular flexibility index (Phi) is 9.28. The SMILES string of the molecule is COc1cc(C(=O)NC2CCNCC2)ccc1Nc1ncc(C(F)(F)F)c(Oc2ccccc2N(C)P(C)O)n1. The van der Waals surface area contributed by atoms with Crippen molar-refractivity contribution >= 4 is 31.5 Å². The van der Waals surface area contributed by atoms with Crippen LogP contribution in [-0.2, 0) is 6.18 Å². The molecule has 0 radical (unpaired) electrons. The second-order valence-corrected chi connectivity index (χ2v) is 10.6. The Morgan fingerprint density at radius 3 is 2.58 bits per heavy atom. The Labute approximate surface area is 230 Å². The lowest BCUT2D eigenvalue weighted by Gasteiger charge is -2.24. The van der Waals surface area contributed by atoms with E-state index in [1.54, 1.807) is 44.0 Å². The molecule has 2 aromatic carbocycles. The fourth-order valence-corrected chi connectivity index (χ4v) is 4.54. The van der Waals surface area contributed by atoms with Crippen molar-refractivity contribution in [2.45, 2.75) is 25.1 Å². The van der Waals surface area contributed by atoms with Gasteiger partial charge < -0.3 is 35.0 Å². The molecule has 3 aromatic rings. The van der Waals surface area contributed by atoms with Crippen molar-refractivity contribution in [3.8, 4) is 17.4 Å². The van der Waals surface area contributed by atoms with E-state index in [9.17, 15) is 22.9 Å². The summed E-state index contributed by atoms with van der Waals surface area (Å²) in [6, 6.07) is 11.1. The van der Waals surface area contributed by atoms with E-state index >= 15 is 0 Å². The van der Waals surface area contributed by atoms with E-state index in [2.05, 4.69) is 25.9 Å². The van der Waals surface area contributed by atoms with Crippen LogP contribution in [0.15, 0.2) is 48.7 Å². The minimum Gasteiger partial charge on any atom is -0.495 e. The highest BCUT2D eigenvalue weighted by atomic mass is 31.2. The molecule has 1 unspecified atom stereocenters. The molecule has 0 saturated carbocycles. The van der Waals surface area contributed by atoms with E-state index in [1.807, 2.05) is 0 Å². The van der Waals surface area contributed by atoms with Crippen LogP contribution in [0.5, 0.6) is 17.4 Å². The summed E-state index contributed by atoms with van der Waals surface area (Å²) in [6.07, 6.45) is -2.50. The van der Waals surface area contributed by atoms with Gasteiger partial charge in [-0.3, -0.25) is 4.79 Å². The lowest BCUT2D eigenvalue weighted by Crippen LogP contribution is -2.42. The number of carbonyl (C=O) groups is 1. The number of para-hydroxylation sites is 2. The summed E-state index contributed by atoms with van der Waals surface area (Å²) in [5.74, 6) is -0.805. The van der Waals surface area contributed by atoms with Crippen LogP contribution in [0.3, 0.4) is 0 Å². The van der Waals surface area contributed by atoms with Crippen LogP contribution in [-0.4, -0.2) is 60.7 Å². The first-order valence-corrected chi connectivity index (χ1v) is 14.1. The van der Waals surface area contributed by atoms with Crippen LogP contribution < -0.4 is 30.1 Å². The summed E-state index contributed by atoms with van der Waals surface area (Å²) in [5, 5.41) is 9.10. The number of ether oxygens (including phenoxy) is 2. The second-order valence-electron chi connectivity index (χ2n) is 9.03. The number of benzene rings is 2. The van der Waals surface area contributed by atoms with E-state index in [0.717, 1.165) is 25.9 Å². The number of piperidine rings is 1. The summed E-state index contributed by atoms with van der Waals surface area (Å²) in [4.78, 5) is 30.6. The van der Waals surface area contributed by atoms with Crippen LogP contribution in [0, 0.1) is 0 Å². The normalized spacial score (nSPS) is 14.8. The van der Waals surface area contributed by atoms with Crippen molar-refractivity contribution in [1.82, 2.24) is 20.6 Å². The quantitative estimate of drug-likeness (QED) is 0.263. The van der Waals surface area contributed by atoms with E-state index in [4.69, 9.17) is 9.47 Å². The van der Waals surface area contributed by atoms with E-state index in [-0.39, 0.29) is 29.4 Å². The zero-order chi connectivity index (χ0) is 28.9. The monoisotopic (exact) mass is 578 g/mol. The molecule has 4 N–H and O–H groups in total. The Bertz CT molecular complexity index is 1340. The first-order valence-electron chi connectivity index (χ1n) is 12.4. The lowest BCUT2D eigenvalue weighted by molar-refractivity contribution is -0.139. The second kappa shape index (κ2) is 12.7. The van der Waals surface area contributed by atoms with Crippen molar-refractivity contribution in [2.24, 2.45) is 0 Å². The highest BCUT2D eigenvalue weighted by Gasteiger charge is 2.37. The topological polar surface area (TPSA) is 121 Å². The average Bonchev–Trinajstić information content (AvgIpc) is 2.93. The molecule has 40 heavy (non-hydrogen) atoms. The molecule has 1 aliphatic heterocycles. The van der Waals surface area contributed by atoms with Crippen LogP contribution in [0.25, 0.3) is 0 Å². The number of rotatable bonds is 9. The molecule has 1 saturated heterocycles. The smallest absolute Gasteiger partial charge is 0.423 e. The molecule has 1 amide bonds. The summed E-state index contributed by atoms with van der Waals surface area (Å²) in [7, 11) is 1.44. The predicted molar refractivity (Wildman–Crippen MR) is 147 cm³/mol. The molecule has 0 spiro atoms. The predicted octanol–water partition coefficient (Wildman–Crippen LogP) is 4.89. The maximum absolute atomic E-state index is 13.8. The number of nitrogens with zero attached hydrogens (tertiary/aromatic N) is 3. The van der Waals surface area contributed by atoms with Gasteiger partial charge in [-0.25, -0.2) is 4.98 Å². The third kappa shape index (κ3) is 7.09. The number of alkyl halides is 3. The van der Waals surface area contributed by atoms with Crippen molar-refractivity contribution in [2.75, 3.05) is 43.9 Å².